The first-order valence-corrected chi connectivity index (χ1v) is 5.06. The van der Waals surface area contributed by atoms with Gasteiger partial charge < -0.3 is 10.3 Å². The van der Waals surface area contributed by atoms with E-state index in [1.807, 2.05) is 0 Å². The third kappa shape index (κ3) is 1.05. The summed E-state index contributed by atoms with van der Waals surface area (Å²) in [7, 11) is 0. The molecule has 0 bridgehead atoms. The molecular weight excluding hydrogens is 160 g/mol. The predicted octanol–water partition coefficient (Wildman–Crippen LogP) is 0.0152. The Bertz CT molecular complexity index is 439. The van der Waals surface area contributed by atoms with Crippen LogP contribution < -0.4 is 15.9 Å². The smallest absolute Gasteiger partial charge is 0.0415 e. The van der Waals surface area contributed by atoms with Gasteiger partial charge >= 0.3 is 0 Å². The number of fused-ring (bicyclic) bond motifs is 3. The largest absolute Gasteiger partial charge is 0.357 e. The van der Waals surface area contributed by atoms with Gasteiger partial charge in [-0.1, -0.05) is 12.2 Å². The highest BCUT2D eigenvalue weighted by Gasteiger charge is 2.13. The SMILES string of the molecule is C1=c2[nH]c3c(c2=CCC1)CCNC3. The molecule has 1 aliphatic carbocycles. The maximum absolute atomic E-state index is 3.50. The van der Waals surface area contributed by atoms with E-state index < -0.39 is 0 Å². The number of hydrogen-bond donors (Lipinski definition) is 2. The van der Waals surface area contributed by atoms with E-state index in [-0.39, 0.29) is 0 Å². The minimum Gasteiger partial charge on any atom is -0.357 e. The molecule has 0 fully saturated rings. The fraction of sp³-hybridized carbons (Fsp3) is 0.455. The summed E-state index contributed by atoms with van der Waals surface area (Å²) in [5.41, 5.74) is 2.97. The highest BCUT2D eigenvalue weighted by Crippen LogP contribution is 2.06. The first kappa shape index (κ1) is 7.39. The molecule has 0 atom stereocenters. The molecule has 1 aromatic rings. The molecule has 2 heterocycles. The van der Waals surface area contributed by atoms with Crippen LogP contribution in [0.2, 0.25) is 0 Å². The zero-order valence-corrected chi connectivity index (χ0v) is 7.69. The van der Waals surface area contributed by atoms with Crippen molar-refractivity contribution in [2.75, 3.05) is 6.54 Å². The zero-order chi connectivity index (χ0) is 8.67. The van der Waals surface area contributed by atoms with Gasteiger partial charge in [0.2, 0.25) is 0 Å². The average molecular weight is 174 g/mol. The van der Waals surface area contributed by atoms with Crippen molar-refractivity contribution in [3.63, 3.8) is 0 Å². The van der Waals surface area contributed by atoms with E-state index in [2.05, 4.69) is 22.5 Å². The third-order valence-electron chi connectivity index (χ3n) is 2.98. The molecule has 0 aromatic carbocycles. The summed E-state index contributed by atoms with van der Waals surface area (Å²) >= 11 is 0. The van der Waals surface area contributed by atoms with Gasteiger partial charge in [0.1, 0.15) is 0 Å². The molecule has 0 unspecified atom stereocenters. The summed E-state index contributed by atoms with van der Waals surface area (Å²) in [6.45, 7) is 2.15. The molecule has 0 amide bonds. The lowest BCUT2D eigenvalue weighted by molar-refractivity contribution is 0.633. The number of H-pyrrole nitrogens is 1. The zero-order valence-electron chi connectivity index (χ0n) is 7.69. The first-order valence-electron chi connectivity index (χ1n) is 5.06. The van der Waals surface area contributed by atoms with Gasteiger partial charge in [0.05, 0.1) is 0 Å². The Hall–Kier alpha value is -1.02. The minimum atomic E-state index is 1.02. The standard InChI is InChI=1S/C11H14N2/c1-2-4-10-8(3-1)9-5-6-12-7-11(9)13-10/h3-4,12-13H,1-2,5-7H2. The van der Waals surface area contributed by atoms with Gasteiger partial charge in [-0.15, -0.1) is 0 Å². The van der Waals surface area contributed by atoms with E-state index in [9.17, 15) is 0 Å². The second-order valence-corrected chi connectivity index (χ2v) is 3.82. The van der Waals surface area contributed by atoms with Gasteiger partial charge in [-0.3, -0.25) is 0 Å². The Labute approximate surface area is 77.4 Å². The number of nitrogens with one attached hydrogen (secondary N) is 2. The second kappa shape index (κ2) is 2.74. The summed E-state index contributed by atoms with van der Waals surface area (Å²) in [5.74, 6) is 0. The van der Waals surface area contributed by atoms with Crippen LogP contribution in [0.15, 0.2) is 0 Å². The highest BCUT2D eigenvalue weighted by atomic mass is 14.9. The number of rotatable bonds is 0. The Morgan fingerprint density at radius 2 is 2.08 bits per heavy atom. The summed E-state index contributed by atoms with van der Waals surface area (Å²) in [6.07, 6.45) is 8.31. The fourth-order valence-corrected chi connectivity index (χ4v) is 2.34. The van der Waals surface area contributed by atoms with Gasteiger partial charge in [-0.25, -0.2) is 0 Å². The van der Waals surface area contributed by atoms with Gasteiger partial charge in [-0.05, 0) is 36.6 Å². The van der Waals surface area contributed by atoms with Crippen LogP contribution in [0.3, 0.4) is 0 Å². The Morgan fingerprint density at radius 3 is 3.08 bits per heavy atom. The lowest BCUT2D eigenvalue weighted by Crippen LogP contribution is -2.29. The number of aromatic nitrogens is 1. The van der Waals surface area contributed by atoms with E-state index in [0.29, 0.717) is 0 Å². The van der Waals surface area contributed by atoms with Crippen LogP contribution in [0.1, 0.15) is 24.1 Å². The number of hydrogen-bond acceptors (Lipinski definition) is 1. The van der Waals surface area contributed by atoms with Crippen LogP contribution >= 0.6 is 0 Å². The van der Waals surface area contributed by atoms with Crippen molar-refractivity contribution in [1.29, 1.82) is 0 Å². The average Bonchev–Trinajstić information content (AvgIpc) is 2.56. The van der Waals surface area contributed by atoms with Crippen LogP contribution in [0.25, 0.3) is 12.2 Å². The monoisotopic (exact) mass is 174 g/mol. The summed E-state index contributed by atoms with van der Waals surface area (Å²) < 4.78 is 0. The molecule has 1 aliphatic heterocycles. The van der Waals surface area contributed by atoms with Crippen LogP contribution in [0, 0.1) is 0 Å². The van der Waals surface area contributed by atoms with Crippen molar-refractivity contribution in [1.82, 2.24) is 10.3 Å². The molecule has 0 radical (unpaired) electrons. The van der Waals surface area contributed by atoms with E-state index in [4.69, 9.17) is 0 Å². The molecule has 2 N–H and O–H groups in total. The van der Waals surface area contributed by atoms with E-state index in [0.717, 1.165) is 13.1 Å². The predicted molar refractivity (Wildman–Crippen MR) is 53.6 cm³/mol. The molecule has 2 nitrogen and oxygen atoms in total. The second-order valence-electron chi connectivity index (χ2n) is 3.82. The van der Waals surface area contributed by atoms with Crippen LogP contribution in [-0.4, -0.2) is 11.5 Å². The van der Waals surface area contributed by atoms with E-state index in [1.165, 1.54) is 35.5 Å². The molecule has 13 heavy (non-hydrogen) atoms. The summed E-state index contributed by atoms with van der Waals surface area (Å²) in [6, 6.07) is 0. The summed E-state index contributed by atoms with van der Waals surface area (Å²) in [5, 5.41) is 6.24. The topological polar surface area (TPSA) is 27.8 Å². The first-order chi connectivity index (χ1) is 6.45. The van der Waals surface area contributed by atoms with E-state index in [1.54, 1.807) is 5.56 Å². The molecule has 0 saturated carbocycles. The molecule has 0 spiro atoms. The summed E-state index contributed by atoms with van der Waals surface area (Å²) in [4.78, 5) is 3.50. The Balaban J connectivity index is 2.33. The van der Waals surface area contributed by atoms with Crippen LogP contribution in [0.5, 0.6) is 0 Å². The molecule has 68 valence electrons. The third-order valence-corrected chi connectivity index (χ3v) is 2.98. The molecule has 0 saturated heterocycles. The fourth-order valence-electron chi connectivity index (χ4n) is 2.34. The molecule has 1 aromatic heterocycles. The van der Waals surface area contributed by atoms with Crippen molar-refractivity contribution in [3.8, 4) is 0 Å². The van der Waals surface area contributed by atoms with Crippen molar-refractivity contribution in [2.24, 2.45) is 0 Å². The van der Waals surface area contributed by atoms with Crippen molar-refractivity contribution >= 4 is 12.2 Å². The van der Waals surface area contributed by atoms with Crippen LogP contribution in [-0.2, 0) is 13.0 Å². The molecular formula is C11H14N2. The quantitative estimate of drug-likeness (QED) is 0.570. The van der Waals surface area contributed by atoms with Crippen LogP contribution in [0.4, 0.5) is 0 Å². The molecule has 3 rings (SSSR count). The Morgan fingerprint density at radius 1 is 1.15 bits per heavy atom. The maximum Gasteiger partial charge on any atom is 0.0415 e. The van der Waals surface area contributed by atoms with Crippen molar-refractivity contribution in [2.45, 2.75) is 25.8 Å². The number of aromatic amines is 1. The minimum absolute atomic E-state index is 1.02. The Kier molecular flexibility index (Phi) is 1.56. The normalized spacial score (nSPS) is 19.7. The maximum atomic E-state index is 3.50. The molecule has 2 aliphatic rings. The van der Waals surface area contributed by atoms with E-state index >= 15 is 0 Å². The van der Waals surface area contributed by atoms with Gasteiger partial charge in [0, 0.05) is 17.6 Å². The lowest BCUT2D eigenvalue weighted by atomic mass is 10.0. The van der Waals surface area contributed by atoms with Gasteiger partial charge in [0.25, 0.3) is 0 Å². The highest BCUT2D eigenvalue weighted by molar-refractivity contribution is 5.42. The molecule has 2 heteroatoms. The van der Waals surface area contributed by atoms with Gasteiger partial charge in [0.15, 0.2) is 0 Å². The van der Waals surface area contributed by atoms with Crippen molar-refractivity contribution < 1.29 is 0 Å². The van der Waals surface area contributed by atoms with Crippen molar-refractivity contribution in [3.05, 3.63) is 21.8 Å². The lowest BCUT2D eigenvalue weighted by Gasteiger charge is -2.12. The van der Waals surface area contributed by atoms with Gasteiger partial charge in [-0.2, -0.15) is 0 Å².